The van der Waals surface area contributed by atoms with Crippen molar-refractivity contribution in [3.05, 3.63) is 76.0 Å². The Morgan fingerprint density at radius 3 is 2.61 bits per heavy atom. The number of rotatable bonds is 4. The second-order valence-electron chi connectivity index (χ2n) is 5.09. The van der Waals surface area contributed by atoms with Gasteiger partial charge in [-0.15, -0.1) is 0 Å². The van der Waals surface area contributed by atoms with Crippen LogP contribution in [0.15, 0.2) is 54.7 Å². The quantitative estimate of drug-likeness (QED) is 0.494. The van der Waals surface area contributed by atoms with Gasteiger partial charge in [-0.2, -0.15) is 0 Å². The van der Waals surface area contributed by atoms with Crippen LogP contribution in [0.25, 0.3) is 5.57 Å². The van der Waals surface area contributed by atoms with E-state index >= 15 is 0 Å². The number of carbonyl (C=O) groups excluding carboxylic acids is 1. The second kappa shape index (κ2) is 5.92. The number of nitro groups is 1. The summed E-state index contributed by atoms with van der Waals surface area (Å²) in [6, 6.07) is 14.6. The molecule has 6 heteroatoms. The van der Waals surface area contributed by atoms with Crippen LogP contribution >= 0.6 is 0 Å². The van der Waals surface area contributed by atoms with Gasteiger partial charge in [0.25, 0.3) is 5.91 Å². The van der Waals surface area contributed by atoms with Crippen LogP contribution in [0, 0.1) is 10.1 Å². The fraction of sp³-hybridized carbons (Fsp3) is 0.118. The van der Waals surface area contributed by atoms with Gasteiger partial charge in [-0.05, 0) is 17.7 Å². The van der Waals surface area contributed by atoms with E-state index in [0.29, 0.717) is 23.5 Å². The molecular weight excluding hydrogens is 296 g/mol. The van der Waals surface area contributed by atoms with Gasteiger partial charge in [0, 0.05) is 11.6 Å². The lowest BCUT2D eigenvalue weighted by atomic mass is 10.1. The maximum atomic E-state index is 12.6. The van der Waals surface area contributed by atoms with Gasteiger partial charge in [0.1, 0.15) is 11.3 Å². The van der Waals surface area contributed by atoms with Crippen molar-refractivity contribution in [1.29, 1.82) is 0 Å². The number of benzene rings is 2. The molecule has 0 atom stereocenters. The SMILES string of the molecule is COc1ccc2c(c1)N(Cc1ccccc1)C(=O)C2=C[N+](=O)[O-]. The van der Waals surface area contributed by atoms with Crippen molar-refractivity contribution in [2.45, 2.75) is 6.54 Å². The highest BCUT2D eigenvalue weighted by molar-refractivity contribution is 6.32. The van der Waals surface area contributed by atoms with Gasteiger partial charge in [-0.25, -0.2) is 0 Å². The number of hydrogen-bond donors (Lipinski definition) is 0. The number of hydrogen-bond acceptors (Lipinski definition) is 4. The number of amides is 1. The van der Waals surface area contributed by atoms with Crippen molar-refractivity contribution >= 4 is 17.2 Å². The molecule has 0 saturated carbocycles. The zero-order valence-electron chi connectivity index (χ0n) is 12.4. The van der Waals surface area contributed by atoms with Gasteiger partial charge in [0.2, 0.25) is 6.20 Å². The van der Waals surface area contributed by atoms with E-state index in [4.69, 9.17) is 4.74 Å². The summed E-state index contributed by atoms with van der Waals surface area (Å²) >= 11 is 0. The molecule has 0 fully saturated rings. The van der Waals surface area contributed by atoms with E-state index in [1.54, 1.807) is 18.2 Å². The fourth-order valence-corrected chi connectivity index (χ4v) is 2.61. The van der Waals surface area contributed by atoms with E-state index in [0.717, 1.165) is 11.8 Å². The summed E-state index contributed by atoms with van der Waals surface area (Å²) in [4.78, 5) is 24.4. The van der Waals surface area contributed by atoms with E-state index in [1.165, 1.54) is 12.0 Å². The lowest BCUT2D eigenvalue weighted by Gasteiger charge is -2.17. The lowest BCUT2D eigenvalue weighted by molar-refractivity contribution is -0.401. The summed E-state index contributed by atoms with van der Waals surface area (Å²) < 4.78 is 5.20. The number of nitrogens with zero attached hydrogens (tertiary/aromatic N) is 2. The van der Waals surface area contributed by atoms with Crippen LogP contribution < -0.4 is 9.64 Å². The van der Waals surface area contributed by atoms with Gasteiger partial charge in [0.05, 0.1) is 24.3 Å². The van der Waals surface area contributed by atoms with Crippen molar-refractivity contribution < 1.29 is 14.5 Å². The van der Waals surface area contributed by atoms with Gasteiger partial charge in [0.15, 0.2) is 0 Å². The first-order chi connectivity index (χ1) is 11.1. The van der Waals surface area contributed by atoms with Crippen molar-refractivity contribution in [3.63, 3.8) is 0 Å². The number of methoxy groups -OCH3 is 1. The number of carbonyl (C=O) groups is 1. The molecule has 0 N–H and O–H groups in total. The highest BCUT2D eigenvalue weighted by Crippen LogP contribution is 2.39. The Labute approximate surface area is 132 Å². The Kier molecular flexibility index (Phi) is 3.80. The predicted molar refractivity (Wildman–Crippen MR) is 85.6 cm³/mol. The average molecular weight is 310 g/mol. The van der Waals surface area contributed by atoms with Crippen LogP contribution in [0.3, 0.4) is 0 Å². The molecule has 0 saturated heterocycles. The molecule has 1 amide bonds. The minimum absolute atomic E-state index is 0.0867. The monoisotopic (exact) mass is 310 g/mol. The molecule has 3 rings (SSSR count). The minimum atomic E-state index is -0.604. The molecule has 0 bridgehead atoms. The number of anilines is 1. The normalized spacial score (nSPS) is 14.9. The van der Waals surface area contributed by atoms with Crippen LogP contribution in [0.2, 0.25) is 0 Å². The molecule has 0 aromatic heterocycles. The zero-order valence-corrected chi connectivity index (χ0v) is 12.4. The third kappa shape index (κ3) is 2.78. The van der Waals surface area contributed by atoms with Crippen LogP contribution in [-0.2, 0) is 11.3 Å². The van der Waals surface area contributed by atoms with Crippen molar-refractivity contribution in [2.75, 3.05) is 12.0 Å². The largest absolute Gasteiger partial charge is 0.497 e. The van der Waals surface area contributed by atoms with E-state index in [-0.39, 0.29) is 11.5 Å². The Hall–Kier alpha value is -3.15. The maximum absolute atomic E-state index is 12.6. The van der Waals surface area contributed by atoms with Crippen LogP contribution in [0.1, 0.15) is 11.1 Å². The van der Waals surface area contributed by atoms with Crippen molar-refractivity contribution in [1.82, 2.24) is 0 Å². The Balaban J connectivity index is 2.07. The molecule has 23 heavy (non-hydrogen) atoms. The number of ether oxygens (including phenoxy) is 1. The molecule has 2 aromatic rings. The van der Waals surface area contributed by atoms with Crippen LogP contribution in [0.5, 0.6) is 5.75 Å². The average Bonchev–Trinajstić information content (AvgIpc) is 2.80. The van der Waals surface area contributed by atoms with Crippen LogP contribution in [0.4, 0.5) is 5.69 Å². The van der Waals surface area contributed by atoms with Gasteiger partial charge in [-0.1, -0.05) is 30.3 Å². The molecule has 1 aliphatic heterocycles. The maximum Gasteiger partial charge on any atom is 0.265 e. The summed E-state index contributed by atoms with van der Waals surface area (Å²) in [5.41, 5.74) is 2.19. The highest BCUT2D eigenvalue weighted by Gasteiger charge is 2.34. The molecule has 0 aliphatic carbocycles. The van der Waals surface area contributed by atoms with Gasteiger partial charge in [-0.3, -0.25) is 14.9 Å². The highest BCUT2D eigenvalue weighted by atomic mass is 16.6. The molecule has 2 aromatic carbocycles. The predicted octanol–water partition coefficient (Wildman–Crippen LogP) is 2.86. The summed E-state index contributed by atoms with van der Waals surface area (Å²) in [6.45, 7) is 0.342. The topological polar surface area (TPSA) is 72.7 Å². The van der Waals surface area contributed by atoms with E-state index in [9.17, 15) is 14.9 Å². The zero-order chi connectivity index (χ0) is 16.4. The Morgan fingerprint density at radius 2 is 1.96 bits per heavy atom. The van der Waals surface area contributed by atoms with Crippen molar-refractivity contribution in [3.8, 4) is 5.75 Å². The molecular formula is C17H14N2O4. The molecule has 0 spiro atoms. The lowest BCUT2D eigenvalue weighted by Crippen LogP contribution is -2.25. The first-order valence-corrected chi connectivity index (χ1v) is 6.99. The molecule has 0 unspecified atom stereocenters. The van der Waals surface area contributed by atoms with Gasteiger partial charge >= 0.3 is 0 Å². The smallest absolute Gasteiger partial charge is 0.265 e. The van der Waals surface area contributed by atoms with Crippen LogP contribution in [-0.4, -0.2) is 17.9 Å². The molecule has 1 heterocycles. The van der Waals surface area contributed by atoms with E-state index in [1.807, 2.05) is 30.3 Å². The number of fused-ring (bicyclic) bond motifs is 1. The molecule has 116 valence electrons. The Morgan fingerprint density at radius 1 is 1.22 bits per heavy atom. The van der Waals surface area contributed by atoms with Crippen molar-refractivity contribution in [2.24, 2.45) is 0 Å². The fourth-order valence-electron chi connectivity index (χ4n) is 2.61. The van der Waals surface area contributed by atoms with Gasteiger partial charge < -0.3 is 9.64 Å². The third-order valence-electron chi connectivity index (χ3n) is 3.68. The Bertz CT molecular complexity index is 799. The second-order valence-corrected chi connectivity index (χ2v) is 5.09. The molecule has 1 aliphatic rings. The summed E-state index contributed by atoms with van der Waals surface area (Å²) in [5.74, 6) is 0.214. The minimum Gasteiger partial charge on any atom is -0.497 e. The first-order valence-electron chi connectivity index (χ1n) is 6.99. The molecule has 6 nitrogen and oxygen atoms in total. The third-order valence-corrected chi connectivity index (χ3v) is 3.68. The standard InChI is InChI=1S/C17H14N2O4/c1-23-13-7-8-14-15(11-19(21)22)17(20)18(16(14)9-13)10-12-5-3-2-4-6-12/h2-9,11H,10H2,1H3. The van der Waals surface area contributed by atoms with E-state index in [2.05, 4.69) is 0 Å². The summed E-state index contributed by atoms with van der Waals surface area (Å²) in [7, 11) is 1.54. The summed E-state index contributed by atoms with van der Waals surface area (Å²) in [5, 5.41) is 10.8. The summed E-state index contributed by atoms with van der Waals surface area (Å²) in [6.07, 6.45) is 0.763. The first kappa shape index (κ1) is 14.8. The molecule has 0 radical (unpaired) electrons. The van der Waals surface area contributed by atoms with E-state index < -0.39 is 4.92 Å².